The maximum atomic E-state index is 12.3. The molecule has 0 fully saturated rings. The minimum Gasteiger partial charge on any atom is -0.450 e. The van der Waals surface area contributed by atoms with Gasteiger partial charge in [-0.1, -0.05) is 73.3 Å². The summed E-state index contributed by atoms with van der Waals surface area (Å²) in [5.74, 6) is 7.66. The van der Waals surface area contributed by atoms with E-state index in [1.54, 1.807) is 21.6 Å². The summed E-state index contributed by atoms with van der Waals surface area (Å²) in [4.78, 5) is 25.0. The molecule has 1 aromatic carbocycles. The Balaban J connectivity index is 1.94. The number of ketones is 1. The van der Waals surface area contributed by atoms with Gasteiger partial charge in [0.15, 0.2) is 0 Å². The fourth-order valence-electron chi connectivity index (χ4n) is 3.56. The van der Waals surface area contributed by atoms with E-state index in [9.17, 15) is 9.59 Å². The number of Topliss-reactive ketones (excluding diaryl/α,β-unsaturated/α-hetero) is 1. The second-order valence-electron chi connectivity index (χ2n) is 10.7. The lowest BCUT2D eigenvalue weighted by atomic mass is 10.1. The minimum atomic E-state index is -0.437. The first-order chi connectivity index (χ1) is 20.9. The van der Waals surface area contributed by atoms with E-state index in [1.165, 1.54) is 6.42 Å². The molecule has 0 bridgehead atoms. The summed E-state index contributed by atoms with van der Waals surface area (Å²) < 4.78 is 27.4. The van der Waals surface area contributed by atoms with Crippen LogP contribution in [-0.2, 0) is 34.9 Å². The summed E-state index contributed by atoms with van der Waals surface area (Å²) in [7, 11) is 3.27. The van der Waals surface area contributed by atoms with Crippen LogP contribution in [0.1, 0.15) is 71.8 Å². The van der Waals surface area contributed by atoms with Gasteiger partial charge in [-0.3, -0.25) is 4.79 Å². The van der Waals surface area contributed by atoms with Crippen molar-refractivity contribution < 1.29 is 33.3 Å². The van der Waals surface area contributed by atoms with E-state index < -0.39 is 6.09 Å². The van der Waals surface area contributed by atoms with Gasteiger partial charge >= 0.3 is 6.09 Å². The first kappa shape index (κ1) is 39.3. The maximum Gasteiger partial charge on any atom is 0.407 e. The van der Waals surface area contributed by atoms with E-state index in [1.807, 2.05) is 38.1 Å². The van der Waals surface area contributed by atoms with Crippen LogP contribution in [0, 0.1) is 23.7 Å². The topological polar surface area (TPSA) is 92.3 Å². The van der Waals surface area contributed by atoms with Crippen LogP contribution >= 0.6 is 21.6 Å². The molecule has 244 valence electrons. The molecule has 43 heavy (non-hydrogen) atoms. The van der Waals surface area contributed by atoms with Crippen LogP contribution in [0.15, 0.2) is 29.2 Å². The normalized spacial score (nSPS) is 11.0. The first-order valence-corrected chi connectivity index (χ1v) is 17.8. The second kappa shape index (κ2) is 27.8. The van der Waals surface area contributed by atoms with Crippen molar-refractivity contribution in [3.05, 3.63) is 29.8 Å². The zero-order valence-electron chi connectivity index (χ0n) is 26.7. The van der Waals surface area contributed by atoms with Crippen LogP contribution in [0.5, 0.6) is 0 Å². The molecule has 1 amide bonds. The third-order valence-corrected chi connectivity index (χ3v) is 7.86. The van der Waals surface area contributed by atoms with Gasteiger partial charge in [0.05, 0.1) is 39.6 Å². The van der Waals surface area contributed by atoms with Gasteiger partial charge in [-0.25, -0.2) is 4.79 Å². The highest BCUT2D eigenvalue weighted by Crippen LogP contribution is 2.31. The number of ether oxygens (including phenoxy) is 5. The predicted octanol–water partition coefficient (Wildman–Crippen LogP) is 6.94. The van der Waals surface area contributed by atoms with Crippen molar-refractivity contribution in [3.8, 4) is 11.8 Å². The van der Waals surface area contributed by atoms with Gasteiger partial charge in [0.25, 0.3) is 0 Å². The van der Waals surface area contributed by atoms with Gasteiger partial charge in [0.1, 0.15) is 11.7 Å². The van der Waals surface area contributed by atoms with Crippen LogP contribution in [0.4, 0.5) is 4.79 Å². The zero-order valence-corrected chi connectivity index (χ0v) is 28.3. The number of nitrogens with one attached hydrogen (secondary N) is 1. The highest BCUT2D eigenvalue weighted by Gasteiger charge is 2.05. The third kappa shape index (κ3) is 26.4. The van der Waals surface area contributed by atoms with Gasteiger partial charge < -0.3 is 29.0 Å². The lowest BCUT2D eigenvalue weighted by Crippen LogP contribution is -2.25. The number of unbranched alkanes of at least 4 members (excludes halogenated alkanes) is 1. The Bertz CT molecular complexity index is 901. The number of benzene rings is 1. The van der Waals surface area contributed by atoms with E-state index in [-0.39, 0.29) is 11.7 Å². The van der Waals surface area contributed by atoms with Gasteiger partial charge in [0.2, 0.25) is 0 Å². The Kier molecular flexibility index (Phi) is 25.4. The van der Waals surface area contributed by atoms with E-state index in [0.29, 0.717) is 71.6 Å². The molecule has 0 heterocycles. The lowest BCUT2D eigenvalue weighted by molar-refractivity contribution is -0.118. The molecule has 1 N–H and O–H groups in total. The summed E-state index contributed by atoms with van der Waals surface area (Å²) in [6.07, 6.45) is 5.11. The second-order valence-corrected chi connectivity index (χ2v) is 13.1. The van der Waals surface area contributed by atoms with Crippen molar-refractivity contribution in [3.63, 3.8) is 0 Å². The van der Waals surface area contributed by atoms with Crippen LogP contribution in [0.2, 0.25) is 0 Å². The average Bonchev–Trinajstić information content (AvgIpc) is 2.97. The fourth-order valence-corrected chi connectivity index (χ4v) is 5.27. The molecule has 0 aliphatic carbocycles. The molecule has 0 unspecified atom stereocenters. The van der Waals surface area contributed by atoms with E-state index in [2.05, 4.69) is 31.0 Å². The van der Waals surface area contributed by atoms with Crippen molar-refractivity contribution in [2.75, 3.05) is 65.3 Å². The lowest BCUT2D eigenvalue weighted by Gasteiger charge is -2.08. The molecular formula is C33H53NO7S2. The summed E-state index contributed by atoms with van der Waals surface area (Å²) in [5, 5.41) is 2.61. The fraction of sp³-hybridized carbons (Fsp3) is 0.697. The molecule has 0 aromatic heterocycles. The van der Waals surface area contributed by atoms with Crippen molar-refractivity contribution in [1.29, 1.82) is 0 Å². The van der Waals surface area contributed by atoms with Crippen molar-refractivity contribution >= 4 is 33.5 Å². The average molecular weight is 640 g/mol. The van der Waals surface area contributed by atoms with E-state index >= 15 is 0 Å². The van der Waals surface area contributed by atoms with Crippen LogP contribution in [0.25, 0.3) is 0 Å². The smallest absolute Gasteiger partial charge is 0.407 e. The summed E-state index contributed by atoms with van der Waals surface area (Å²) >= 11 is 0. The summed E-state index contributed by atoms with van der Waals surface area (Å²) in [5.41, 5.74) is 1.02. The van der Waals surface area contributed by atoms with Gasteiger partial charge in [-0.05, 0) is 55.7 Å². The molecular weight excluding hydrogens is 586 g/mol. The Morgan fingerprint density at radius 3 is 2.09 bits per heavy atom. The van der Waals surface area contributed by atoms with Gasteiger partial charge in [-0.2, -0.15) is 0 Å². The van der Waals surface area contributed by atoms with E-state index in [0.717, 1.165) is 48.7 Å². The van der Waals surface area contributed by atoms with Crippen molar-refractivity contribution in [2.45, 2.75) is 77.5 Å². The molecule has 0 radical (unpaired) electrons. The summed E-state index contributed by atoms with van der Waals surface area (Å²) in [6.45, 7) is 13.4. The highest BCUT2D eigenvalue weighted by atomic mass is 33.1. The Morgan fingerprint density at radius 2 is 1.42 bits per heavy atom. The summed E-state index contributed by atoms with van der Waals surface area (Å²) in [6, 6.07) is 8.10. The number of carbonyl (C=O) groups excluding carboxylic acids is 2. The number of carbonyl (C=O) groups is 2. The standard InChI is InChI=1S/C33H53NO7S2/c1-28(2)10-7-17-34-33(36)41-21-6-5-18-40-27-42-43-32-15-13-30(14-16-32)26-31(35)12-9-20-38-23-25-39-24-22-37-19-8-11-29(3)4/h13-16,28-29H,5-6,8-9,11-12,17-27H2,1-4H3,(H,34,36). The molecule has 1 aromatic rings. The monoisotopic (exact) mass is 639 g/mol. The van der Waals surface area contributed by atoms with Gasteiger partial charge in [0, 0.05) is 43.5 Å². The minimum absolute atomic E-state index is 0.222. The number of rotatable bonds is 26. The molecule has 8 nitrogen and oxygen atoms in total. The number of alkyl carbamates (subject to hydrolysis) is 1. The quantitative estimate of drug-likeness (QED) is 0.0501. The van der Waals surface area contributed by atoms with Crippen LogP contribution in [-0.4, -0.2) is 77.2 Å². The number of amides is 1. The molecule has 0 aliphatic heterocycles. The van der Waals surface area contributed by atoms with Gasteiger partial charge in [-0.15, -0.1) is 0 Å². The Morgan fingerprint density at radius 1 is 0.791 bits per heavy atom. The van der Waals surface area contributed by atoms with Crippen LogP contribution in [0.3, 0.4) is 0 Å². The Labute approximate surface area is 267 Å². The van der Waals surface area contributed by atoms with Crippen molar-refractivity contribution in [2.24, 2.45) is 11.8 Å². The largest absolute Gasteiger partial charge is 0.450 e. The number of hydrogen-bond donors (Lipinski definition) is 1. The SMILES string of the molecule is CC(C)C#CCNC(=O)OCCCCOCSSc1ccc(CC(=O)CCCOCCOCCOCCCC(C)C)cc1. The molecule has 1 rings (SSSR count). The molecule has 0 saturated heterocycles. The molecule has 0 spiro atoms. The zero-order chi connectivity index (χ0) is 31.4. The molecule has 0 aliphatic rings. The predicted molar refractivity (Wildman–Crippen MR) is 176 cm³/mol. The highest BCUT2D eigenvalue weighted by molar-refractivity contribution is 8.76. The third-order valence-electron chi connectivity index (χ3n) is 5.80. The molecule has 0 atom stereocenters. The van der Waals surface area contributed by atoms with E-state index in [4.69, 9.17) is 23.7 Å². The first-order valence-electron chi connectivity index (χ1n) is 15.5. The van der Waals surface area contributed by atoms with Crippen molar-refractivity contribution in [1.82, 2.24) is 5.32 Å². The molecule has 0 saturated carbocycles. The number of hydrogen-bond acceptors (Lipinski definition) is 9. The molecule has 10 heteroatoms. The van der Waals surface area contributed by atoms with Crippen LogP contribution < -0.4 is 5.32 Å². The maximum absolute atomic E-state index is 12.3. The Hall–Kier alpha value is -1.74.